The third kappa shape index (κ3) is 4.00. The lowest BCUT2D eigenvalue weighted by Crippen LogP contribution is -2.36. The summed E-state index contributed by atoms with van der Waals surface area (Å²) in [6, 6.07) is 4.68. The number of nitrogens with one attached hydrogen (secondary N) is 2. The lowest BCUT2D eigenvalue weighted by atomic mass is 9.82. The average molecular weight is 391 g/mol. The van der Waals surface area contributed by atoms with Crippen LogP contribution in [0.5, 0.6) is 0 Å². The molecule has 0 saturated heterocycles. The molecule has 0 radical (unpaired) electrons. The molecule has 0 heterocycles. The summed E-state index contributed by atoms with van der Waals surface area (Å²) < 4.78 is 0. The van der Waals surface area contributed by atoms with Crippen LogP contribution < -0.4 is 10.6 Å². The Hall–Kier alpha value is -2.34. The van der Waals surface area contributed by atoms with Crippen LogP contribution in [0, 0.1) is 29.6 Å². The predicted molar refractivity (Wildman–Crippen MR) is 103 cm³/mol. The summed E-state index contributed by atoms with van der Waals surface area (Å²) >= 11 is 6.21. The van der Waals surface area contributed by atoms with Crippen molar-refractivity contribution in [2.75, 3.05) is 11.9 Å². The fourth-order valence-corrected chi connectivity index (χ4v) is 4.18. The summed E-state index contributed by atoms with van der Waals surface area (Å²) in [5.74, 6) is -2.64. The molecule has 0 spiro atoms. The first-order valence-corrected chi connectivity index (χ1v) is 9.45. The number of benzene rings is 1. The van der Waals surface area contributed by atoms with Crippen molar-refractivity contribution in [2.24, 2.45) is 29.6 Å². The van der Waals surface area contributed by atoms with Crippen molar-refractivity contribution in [2.45, 2.75) is 20.3 Å². The fourth-order valence-electron chi connectivity index (χ4n) is 3.91. The Kier molecular flexibility index (Phi) is 5.56. The van der Waals surface area contributed by atoms with Crippen LogP contribution in [-0.4, -0.2) is 29.4 Å². The van der Waals surface area contributed by atoms with Crippen LogP contribution in [0.1, 0.15) is 30.6 Å². The molecule has 1 aromatic carbocycles. The number of halogens is 1. The predicted octanol–water partition coefficient (Wildman–Crippen LogP) is 3.19. The highest BCUT2D eigenvalue weighted by atomic mass is 35.5. The van der Waals surface area contributed by atoms with E-state index in [-0.39, 0.29) is 28.7 Å². The maximum Gasteiger partial charge on any atom is 0.307 e. The Morgan fingerprint density at radius 2 is 1.85 bits per heavy atom. The van der Waals surface area contributed by atoms with E-state index in [0.717, 1.165) is 0 Å². The van der Waals surface area contributed by atoms with E-state index >= 15 is 0 Å². The molecule has 3 rings (SSSR count). The minimum absolute atomic E-state index is 0.0485. The second kappa shape index (κ2) is 7.72. The number of amides is 2. The third-order valence-electron chi connectivity index (χ3n) is 5.20. The number of aliphatic carboxylic acids is 1. The standard InChI is InChI=1S/C20H23ClN2O4/c1-10(2)9-22-18(24)14-6-5-13(8-15(14)21)23-19(25)16-11-3-4-12(7-11)17(16)20(26)27/h3-6,8,10-12,16-17H,7,9H2,1-2H3,(H,22,24)(H,23,25)(H,26,27). The summed E-state index contributed by atoms with van der Waals surface area (Å²) in [7, 11) is 0. The molecule has 3 N–H and O–H groups in total. The largest absolute Gasteiger partial charge is 0.481 e. The zero-order chi connectivity index (χ0) is 19.7. The second-order valence-electron chi connectivity index (χ2n) is 7.63. The Morgan fingerprint density at radius 3 is 2.44 bits per heavy atom. The van der Waals surface area contributed by atoms with E-state index in [4.69, 9.17) is 11.6 Å². The van der Waals surface area contributed by atoms with Crippen molar-refractivity contribution in [3.63, 3.8) is 0 Å². The first kappa shape index (κ1) is 19.4. The molecule has 4 atom stereocenters. The van der Waals surface area contributed by atoms with E-state index in [2.05, 4.69) is 10.6 Å². The van der Waals surface area contributed by atoms with Gasteiger partial charge in [0.1, 0.15) is 0 Å². The van der Waals surface area contributed by atoms with Gasteiger partial charge >= 0.3 is 5.97 Å². The van der Waals surface area contributed by atoms with Gasteiger partial charge in [0.2, 0.25) is 5.91 Å². The van der Waals surface area contributed by atoms with Crippen molar-refractivity contribution in [3.8, 4) is 0 Å². The normalized spacial score (nSPS) is 25.6. The Balaban J connectivity index is 1.70. The Morgan fingerprint density at radius 1 is 1.19 bits per heavy atom. The van der Waals surface area contributed by atoms with Crippen LogP contribution in [0.2, 0.25) is 5.02 Å². The molecule has 144 valence electrons. The molecule has 6 nitrogen and oxygen atoms in total. The molecule has 0 aliphatic heterocycles. The molecule has 2 bridgehead atoms. The maximum atomic E-state index is 12.7. The SMILES string of the molecule is CC(C)CNC(=O)c1ccc(NC(=O)C2C3C=CC(C3)C2C(=O)O)cc1Cl. The van der Waals surface area contributed by atoms with Gasteiger partial charge in [0.15, 0.2) is 0 Å². The average Bonchev–Trinajstić information content (AvgIpc) is 3.20. The molecule has 2 aliphatic carbocycles. The van der Waals surface area contributed by atoms with Gasteiger partial charge in [-0.25, -0.2) is 0 Å². The highest BCUT2D eigenvalue weighted by molar-refractivity contribution is 6.34. The van der Waals surface area contributed by atoms with E-state index in [9.17, 15) is 19.5 Å². The smallest absolute Gasteiger partial charge is 0.307 e. The van der Waals surface area contributed by atoms with Crippen LogP contribution in [0.25, 0.3) is 0 Å². The number of rotatable bonds is 6. The van der Waals surface area contributed by atoms with Crippen molar-refractivity contribution < 1.29 is 19.5 Å². The van der Waals surface area contributed by atoms with Crippen LogP contribution in [-0.2, 0) is 9.59 Å². The number of carboxylic acid groups (broad SMARTS) is 1. The molecule has 2 aliphatic rings. The summed E-state index contributed by atoms with van der Waals surface area (Å²) in [5, 5.41) is 15.3. The van der Waals surface area contributed by atoms with E-state index in [1.54, 1.807) is 12.1 Å². The van der Waals surface area contributed by atoms with Gasteiger partial charge in [-0.05, 0) is 42.4 Å². The molecular formula is C20H23ClN2O4. The van der Waals surface area contributed by atoms with E-state index < -0.39 is 17.8 Å². The molecular weight excluding hydrogens is 368 g/mol. The quantitative estimate of drug-likeness (QED) is 0.650. The minimum Gasteiger partial charge on any atom is -0.481 e. The summed E-state index contributed by atoms with van der Waals surface area (Å²) in [6.45, 7) is 4.54. The zero-order valence-corrected chi connectivity index (χ0v) is 16.0. The van der Waals surface area contributed by atoms with E-state index in [1.165, 1.54) is 6.07 Å². The molecule has 1 fully saturated rings. The van der Waals surface area contributed by atoms with Crippen LogP contribution in [0.15, 0.2) is 30.4 Å². The Bertz CT molecular complexity index is 805. The molecule has 2 amide bonds. The molecule has 1 aromatic rings. The first-order valence-electron chi connectivity index (χ1n) is 9.07. The van der Waals surface area contributed by atoms with E-state index in [0.29, 0.717) is 30.1 Å². The highest BCUT2D eigenvalue weighted by Gasteiger charge is 2.51. The van der Waals surface area contributed by atoms with Crippen molar-refractivity contribution in [3.05, 3.63) is 40.9 Å². The maximum absolute atomic E-state index is 12.7. The number of fused-ring (bicyclic) bond motifs is 2. The van der Waals surface area contributed by atoms with Gasteiger partial charge in [0, 0.05) is 12.2 Å². The van der Waals surface area contributed by atoms with Gasteiger partial charge in [-0.2, -0.15) is 0 Å². The zero-order valence-electron chi connectivity index (χ0n) is 15.2. The highest BCUT2D eigenvalue weighted by Crippen LogP contribution is 2.48. The summed E-state index contributed by atoms with van der Waals surface area (Å²) in [5.41, 5.74) is 0.780. The van der Waals surface area contributed by atoms with Gasteiger partial charge in [0.25, 0.3) is 5.91 Å². The number of hydrogen-bond donors (Lipinski definition) is 3. The van der Waals surface area contributed by atoms with Gasteiger partial charge < -0.3 is 15.7 Å². The number of anilines is 1. The first-order chi connectivity index (χ1) is 12.8. The third-order valence-corrected chi connectivity index (χ3v) is 5.51. The van der Waals surface area contributed by atoms with Crippen LogP contribution >= 0.6 is 11.6 Å². The van der Waals surface area contributed by atoms with Crippen molar-refractivity contribution >= 4 is 35.1 Å². The molecule has 1 saturated carbocycles. The number of allylic oxidation sites excluding steroid dienone is 2. The van der Waals surface area contributed by atoms with Gasteiger partial charge in [0.05, 0.1) is 22.4 Å². The van der Waals surface area contributed by atoms with E-state index in [1.807, 2.05) is 26.0 Å². The second-order valence-corrected chi connectivity index (χ2v) is 8.03. The summed E-state index contributed by atoms with van der Waals surface area (Å²) in [4.78, 5) is 36.4. The molecule has 27 heavy (non-hydrogen) atoms. The van der Waals surface area contributed by atoms with Crippen molar-refractivity contribution in [1.29, 1.82) is 0 Å². The van der Waals surface area contributed by atoms with Crippen LogP contribution in [0.4, 0.5) is 5.69 Å². The fraction of sp³-hybridized carbons (Fsp3) is 0.450. The number of hydrogen-bond acceptors (Lipinski definition) is 3. The van der Waals surface area contributed by atoms with Crippen LogP contribution in [0.3, 0.4) is 0 Å². The number of carbonyl (C=O) groups is 3. The lowest BCUT2D eigenvalue weighted by molar-refractivity contribution is -0.146. The molecule has 0 aromatic heterocycles. The topological polar surface area (TPSA) is 95.5 Å². The molecule has 7 heteroatoms. The number of carboxylic acids is 1. The minimum atomic E-state index is -0.942. The van der Waals surface area contributed by atoms with Gasteiger partial charge in [-0.1, -0.05) is 37.6 Å². The van der Waals surface area contributed by atoms with Crippen molar-refractivity contribution in [1.82, 2.24) is 5.32 Å². The van der Waals surface area contributed by atoms with Gasteiger partial charge in [-0.15, -0.1) is 0 Å². The Labute approximate surface area is 163 Å². The van der Waals surface area contributed by atoms with Gasteiger partial charge in [-0.3, -0.25) is 14.4 Å². The molecule has 4 unspecified atom stereocenters. The lowest BCUT2D eigenvalue weighted by Gasteiger charge is -2.24. The summed E-state index contributed by atoms with van der Waals surface area (Å²) in [6.07, 6.45) is 4.53. The monoisotopic (exact) mass is 390 g/mol. The number of carbonyl (C=O) groups excluding carboxylic acids is 2.